The van der Waals surface area contributed by atoms with Crippen molar-refractivity contribution in [3.8, 4) is 10.6 Å². The van der Waals surface area contributed by atoms with Crippen molar-refractivity contribution in [1.29, 1.82) is 0 Å². The molecule has 2 atom stereocenters. The van der Waals surface area contributed by atoms with E-state index in [-0.39, 0.29) is 0 Å². The van der Waals surface area contributed by atoms with Crippen LogP contribution >= 0.6 is 11.3 Å². The molecule has 138 valence electrons. The van der Waals surface area contributed by atoms with E-state index >= 15 is 0 Å². The summed E-state index contributed by atoms with van der Waals surface area (Å²) in [5.41, 5.74) is 4.14. The van der Waals surface area contributed by atoms with Gasteiger partial charge in [-0.2, -0.15) is 0 Å². The Bertz CT molecular complexity index is 1010. The zero-order valence-electron chi connectivity index (χ0n) is 15.4. The summed E-state index contributed by atoms with van der Waals surface area (Å²) in [5.74, 6) is 1.16. The van der Waals surface area contributed by atoms with Gasteiger partial charge in [0, 0.05) is 10.9 Å². The molecule has 2 saturated carbocycles. The highest BCUT2D eigenvalue weighted by atomic mass is 32.1. The standard InChI is InChI=1S/C23H23NO2S/c1-13-10-18(13)16-7-9-19(24-12-16)22-21(14-4-2-3-5-14)17-8-6-15(23(25)26)11-20(17)27-22/h6-9,11-14,18H,2-5,10H2,1H3,(H,25,26)/t13?,18-/m0/s1. The molecule has 0 radical (unpaired) electrons. The fraction of sp³-hybridized carbons (Fsp3) is 0.391. The Morgan fingerprint density at radius 3 is 2.59 bits per heavy atom. The third-order valence-corrected chi connectivity index (χ3v) is 7.49. The average molecular weight is 378 g/mol. The van der Waals surface area contributed by atoms with Crippen molar-refractivity contribution in [3.05, 3.63) is 53.2 Å². The number of carbonyl (C=O) groups is 1. The summed E-state index contributed by atoms with van der Waals surface area (Å²) in [6.07, 6.45) is 8.32. The van der Waals surface area contributed by atoms with Crippen LogP contribution in [-0.2, 0) is 0 Å². The average Bonchev–Trinajstić information content (AvgIpc) is 3.08. The highest BCUT2D eigenvalue weighted by Gasteiger charge is 2.34. The first-order chi connectivity index (χ1) is 13.1. The van der Waals surface area contributed by atoms with E-state index in [0.29, 0.717) is 17.4 Å². The third-order valence-electron chi connectivity index (χ3n) is 6.30. The number of hydrogen-bond donors (Lipinski definition) is 1. The molecule has 1 aromatic carbocycles. The van der Waals surface area contributed by atoms with Gasteiger partial charge in [-0.15, -0.1) is 11.3 Å². The summed E-state index contributed by atoms with van der Waals surface area (Å²) in [7, 11) is 0. The highest BCUT2D eigenvalue weighted by Crippen LogP contribution is 2.49. The number of carboxylic acid groups (broad SMARTS) is 1. The van der Waals surface area contributed by atoms with Crippen molar-refractivity contribution in [3.63, 3.8) is 0 Å². The topological polar surface area (TPSA) is 50.2 Å². The van der Waals surface area contributed by atoms with Crippen LogP contribution in [0.3, 0.4) is 0 Å². The van der Waals surface area contributed by atoms with Gasteiger partial charge in [-0.25, -0.2) is 4.79 Å². The number of thiophene rings is 1. The van der Waals surface area contributed by atoms with Crippen LogP contribution < -0.4 is 0 Å². The molecule has 0 amide bonds. The molecule has 1 N–H and O–H groups in total. The maximum Gasteiger partial charge on any atom is 0.335 e. The maximum absolute atomic E-state index is 11.4. The zero-order valence-corrected chi connectivity index (χ0v) is 16.3. The van der Waals surface area contributed by atoms with Gasteiger partial charge in [0.05, 0.1) is 16.1 Å². The normalized spacial score (nSPS) is 22.4. The van der Waals surface area contributed by atoms with E-state index in [1.54, 1.807) is 17.4 Å². The van der Waals surface area contributed by atoms with Gasteiger partial charge < -0.3 is 5.11 Å². The van der Waals surface area contributed by atoms with Crippen molar-refractivity contribution in [2.45, 2.75) is 50.9 Å². The molecule has 2 aliphatic rings. The van der Waals surface area contributed by atoms with Crippen molar-refractivity contribution < 1.29 is 9.90 Å². The zero-order chi connectivity index (χ0) is 18.5. The molecular formula is C23H23NO2S. The van der Waals surface area contributed by atoms with Gasteiger partial charge in [0.15, 0.2) is 0 Å². The second-order valence-electron chi connectivity index (χ2n) is 8.14. The molecule has 0 bridgehead atoms. The summed E-state index contributed by atoms with van der Waals surface area (Å²) < 4.78 is 1.06. The van der Waals surface area contributed by atoms with E-state index in [4.69, 9.17) is 4.98 Å². The van der Waals surface area contributed by atoms with Crippen LogP contribution in [0.2, 0.25) is 0 Å². The summed E-state index contributed by atoms with van der Waals surface area (Å²) in [6, 6.07) is 9.98. The van der Waals surface area contributed by atoms with Gasteiger partial charge in [-0.1, -0.05) is 31.9 Å². The van der Waals surface area contributed by atoms with Gasteiger partial charge in [0.1, 0.15) is 0 Å². The van der Waals surface area contributed by atoms with Gasteiger partial charge >= 0.3 is 5.97 Å². The van der Waals surface area contributed by atoms with Crippen molar-refractivity contribution in [2.24, 2.45) is 5.92 Å². The number of rotatable bonds is 4. The largest absolute Gasteiger partial charge is 0.478 e. The minimum Gasteiger partial charge on any atom is -0.478 e. The Balaban J connectivity index is 1.63. The Hall–Kier alpha value is -2.20. The first-order valence-corrected chi connectivity index (χ1v) is 10.7. The molecule has 0 saturated heterocycles. The SMILES string of the molecule is CC1C[C@@H]1c1ccc(-c2sc3cc(C(=O)O)ccc3c2C2CCCC2)nc1. The van der Waals surface area contributed by atoms with E-state index in [1.165, 1.54) is 53.5 Å². The minimum atomic E-state index is -0.865. The minimum absolute atomic E-state index is 0.360. The summed E-state index contributed by atoms with van der Waals surface area (Å²) >= 11 is 1.70. The van der Waals surface area contributed by atoms with Crippen molar-refractivity contribution in [2.75, 3.05) is 0 Å². The molecule has 3 nitrogen and oxygen atoms in total. The first-order valence-electron chi connectivity index (χ1n) is 9.88. The molecule has 2 heterocycles. The van der Waals surface area contributed by atoms with Crippen LogP contribution in [0, 0.1) is 5.92 Å². The summed E-state index contributed by atoms with van der Waals surface area (Å²) in [4.78, 5) is 17.4. The van der Waals surface area contributed by atoms with Crippen molar-refractivity contribution in [1.82, 2.24) is 4.98 Å². The van der Waals surface area contributed by atoms with Crippen LogP contribution in [0.5, 0.6) is 0 Å². The van der Waals surface area contributed by atoms with E-state index in [2.05, 4.69) is 25.3 Å². The van der Waals surface area contributed by atoms with E-state index in [9.17, 15) is 9.90 Å². The lowest BCUT2D eigenvalue weighted by atomic mass is 9.93. The Morgan fingerprint density at radius 2 is 1.96 bits per heavy atom. The Kier molecular flexibility index (Phi) is 4.05. The monoisotopic (exact) mass is 377 g/mol. The molecule has 0 spiro atoms. The van der Waals surface area contributed by atoms with Crippen LogP contribution in [0.1, 0.15) is 72.3 Å². The molecule has 27 heavy (non-hydrogen) atoms. The van der Waals surface area contributed by atoms with Crippen LogP contribution in [-0.4, -0.2) is 16.1 Å². The Morgan fingerprint density at radius 1 is 1.19 bits per heavy atom. The second-order valence-corrected chi connectivity index (χ2v) is 9.19. The molecule has 3 aromatic rings. The third kappa shape index (κ3) is 2.96. The first kappa shape index (κ1) is 16.9. The molecule has 5 rings (SSSR count). The lowest BCUT2D eigenvalue weighted by Gasteiger charge is -2.12. The number of aromatic nitrogens is 1. The number of nitrogens with zero attached hydrogens (tertiary/aromatic N) is 1. The quantitative estimate of drug-likeness (QED) is 0.569. The van der Waals surface area contributed by atoms with Crippen LogP contribution in [0.25, 0.3) is 20.7 Å². The predicted molar refractivity (Wildman–Crippen MR) is 110 cm³/mol. The van der Waals surface area contributed by atoms with Gasteiger partial charge in [-0.05, 0) is 71.7 Å². The number of pyridine rings is 1. The van der Waals surface area contributed by atoms with Crippen molar-refractivity contribution >= 4 is 27.4 Å². The van der Waals surface area contributed by atoms with Crippen LogP contribution in [0.4, 0.5) is 0 Å². The van der Waals surface area contributed by atoms with E-state index in [1.807, 2.05) is 12.1 Å². The van der Waals surface area contributed by atoms with Gasteiger partial charge in [0.25, 0.3) is 0 Å². The maximum atomic E-state index is 11.4. The lowest BCUT2D eigenvalue weighted by Crippen LogP contribution is -1.96. The molecule has 2 fully saturated rings. The number of hydrogen-bond acceptors (Lipinski definition) is 3. The lowest BCUT2D eigenvalue weighted by molar-refractivity contribution is 0.0697. The molecule has 1 unspecified atom stereocenters. The molecule has 4 heteroatoms. The summed E-state index contributed by atoms with van der Waals surface area (Å²) in [6.45, 7) is 2.29. The fourth-order valence-corrected chi connectivity index (χ4v) is 5.91. The highest BCUT2D eigenvalue weighted by molar-refractivity contribution is 7.22. The number of benzene rings is 1. The molecule has 2 aliphatic carbocycles. The van der Waals surface area contributed by atoms with Gasteiger partial charge in [-0.3, -0.25) is 4.98 Å². The summed E-state index contributed by atoms with van der Waals surface area (Å²) in [5, 5.41) is 10.6. The number of fused-ring (bicyclic) bond motifs is 1. The molecule has 0 aliphatic heterocycles. The molecule has 2 aromatic heterocycles. The number of aromatic carboxylic acids is 1. The smallest absolute Gasteiger partial charge is 0.335 e. The number of carboxylic acids is 1. The van der Waals surface area contributed by atoms with Gasteiger partial charge in [0.2, 0.25) is 0 Å². The second kappa shape index (κ2) is 6.45. The molecular weight excluding hydrogens is 354 g/mol. The predicted octanol–water partition coefficient (Wildman–Crippen LogP) is 6.44. The van der Waals surface area contributed by atoms with E-state index in [0.717, 1.165) is 16.3 Å². The van der Waals surface area contributed by atoms with Crippen LogP contribution in [0.15, 0.2) is 36.5 Å². The fourth-order valence-electron chi connectivity index (χ4n) is 4.61. The van der Waals surface area contributed by atoms with E-state index < -0.39 is 5.97 Å². The Labute approximate surface area is 163 Å².